The van der Waals surface area contributed by atoms with Crippen LogP contribution < -0.4 is 4.72 Å². The molecule has 4 rings (SSSR count). The maximum absolute atomic E-state index is 13.8. The Kier molecular flexibility index (Phi) is 6.78. The normalized spacial score (nSPS) is 31.3. The quantitative estimate of drug-likeness (QED) is 0.600. The van der Waals surface area contributed by atoms with E-state index in [1.54, 1.807) is 47.3 Å². The summed E-state index contributed by atoms with van der Waals surface area (Å²) in [5.74, 6) is -0.787. The third-order valence-corrected chi connectivity index (χ3v) is 9.65. The number of nitrogens with one attached hydrogen (secondary N) is 1. The van der Waals surface area contributed by atoms with Crippen LogP contribution in [0.25, 0.3) is 0 Å². The third-order valence-electron chi connectivity index (χ3n) is 7.73. The first-order chi connectivity index (χ1) is 16.1. The average Bonchev–Trinajstić information content (AvgIpc) is 3.33. The van der Waals surface area contributed by atoms with Crippen LogP contribution in [0.1, 0.15) is 66.3 Å². The van der Waals surface area contributed by atoms with Crippen LogP contribution in [0.5, 0.6) is 0 Å². The van der Waals surface area contributed by atoms with Gasteiger partial charge in [0.25, 0.3) is 0 Å². The molecule has 2 aliphatic carbocycles. The lowest BCUT2D eigenvalue weighted by molar-refractivity contribution is -0.0887. The molecule has 3 aliphatic rings. The van der Waals surface area contributed by atoms with Crippen molar-refractivity contribution in [1.29, 1.82) is 0 Å². The molecule has 1 aromatic rings. The topological polar surface area (TPSA) is 95.3 Å². The summed E-state index contributed by atoms with van der Waals surface area (Å²) in [5.41, 5.74) is -2.39. The van der Waals surface area contributed by atoms with Crippen molar-refractivity contribution in [2.24, 2.45) is 5.92 Å². The maximum Gasteiger partial charge on any atom is 0.490 e. The fourth-order valence-corrected chi connectivity index (χ4v) is 6.77. The number of hydrogen-bond acceptors (Lipinski definition) is 6. The second-order valence-electron chi connectivity index (χ2n) is 10.7. The van der Waals surface area contributed by atoms with E-state index in [9.17, 15) is 21.6 Å². The maximum atomic E-state index is 13.8. The second-order valence-corrected chi connectivity index (χ2v) is 12.6. The monoisotopic (exact) mass is 516 g/mol. The minimum absolute atomic E-state index is 0.0247. The molecule has 1 N–H and O–H groups in total. The molecule has 0 aromatic carbocycles. The van der Waals surface area contributed by atoms with Crippen LogP contribution in [0.2, 0.25) is 0 Å². The van der Waals surface area contributed by atoms with Crippen LogP contribution in [-0.2, 0) is 19.3 Å². The summed E-state index contributed by atoms with van der Waals surface area (Å²) < 4.78 is 85.0. The molecule has 2 heterocycles. The van der Waals surface area contributed by atoms with Crippen molar-refractivity contribution >= 4 is 17.1 Å². The van der Waals surface area contributed by atoms with Crippen LogP contribution in [0, 0.1) is 5.92 Å². The van der Waals surface area contributed by atoms with Crippen molar-refractivity contribution in [2.45, 2.75) is 95.0 Å². The van der Waals surface area contributed by atoms with Gasteiger partial charge in [-0.2, -0.15) is 13.2 Å². The Hall–Kier alpha value is -1.70. The first-order valence-corrected chi connectivity index (χ1v) is 13.4. The van der Waals surface area contributed by atoms with Crippen LogP contribution in [-0.4, -0.2) is 59.0 Å². The van der Waals surface area contributed by atoms with Crippen molar-refractivity contribution in [3.8, 4) is 0 Å². The van der Waals surface area contributed by atoms with Crippen LogP contribution in [0.4, 0.5) is 13.2 Å². The van der Waals surface area contributed by atoms with E-state index in [1.807, 2.05) is 4.57 Å². The highest BCUT2D eigenvalue weighted by molar-refractivity contribution is 7.90. The van der Waals surface area contributed by atoms with E-state index in [4.69, 9.17) is 9.31 Å². The Morgan fingerprint density at radius 3 is 2.29 bits per heavy atom. The Morgan fingerprint density at radius 2 is 1.71 bits per heavy atom. The molecule has 4 atom stereocenters. The van der Waals surface area contributed by atoms with Gasteiger partial charge in [0.1, 0.15) is 12.7 Å². The molecule has 0 bridgehead atoms. The molecule has 35 heavy (non-hydrogen) atoms. The zero-order valence-electron chi connectivity index (χ0n) is 20.5. The third kappa shape index (κ3) is 5.23. The van der Waals surface area contributed by atoms with Crippen molar-refractivity contribution in [2.75, 3.05) is 0 Å². The van der Waals surface area contributed by atoms with Gasteiger partial charge in [-0.05, 0) is 64.8 Å². The molecule has 0 spiro atoms. The fraction of sp³-hybridized carbons (Fsp3) is 0.727. The molecular weight excluding hydrogens is 484 g/mol. The van der Waals surface area contributed by atoms with E-state index in [1.165, 1.54) is 0 Å². The fourth-order valence-electron chi connectivity index (χ4n) is 4.92. The lowest BCUT2D eigenvalue weighted by Crippen LogP contribution is -2.47. The highest BCUT2D eigenvalue weighted by Gasteiger charge is 2.55. The largest absolute Gasteiger partial charge is 0.490 e. The zero-order chi connectivity index (χ0) is 25.8. The lowest BCUT2D eigenvalue weighted by atomic mass is 9.67. The Labute approximate surface area is 204 Å². The molecule has 194 valence electrons. The van der Waals surface area contributed by atoms with Crippen molar-refractivity contribution in [3.63, 3.8) is 0 Å². The van der Waals surface area contributed by atoms with E-state index in [-0.39, 0.29) is 11.5 Å². The average molecular weight is 516 g/mol. The summed E-state index contributed by atoms with van der Waals surface area (Å²) in [7, 11) is -5.23. The van der Waals surface area contributed by atoms with Gasteiger partial charge in [0.05, 0.1) is 22.0 Å². The van der Waals surface area contributed by atoms with E-state index >= 15 is 0 Å². The summed E-state index contributed by atoms with van der Waals surface area (Å²) >= 11 is 0. The molecular formula is C22H32BF3N4O4S. The van der Waals surface area contributed by atoms with Crippen LogP contribution in [0.3, 0.4) is 0 Å². The number of allylic oxidation sites excluding steroid dienone is 3. The van der Waals surface area contributed by atoms with Gasteiger partial charge in [0, 0.05) is 12.1 Å². The summed E-state index contributed by atoms with van der Waals surface area (Å²) in [6.45, 7) is 8.80. The smallest absolute Gasteiger partial charge is 0.400 e. The van der Waals surface area contributed by atoms with E-state index in [2.05, 4.69) is 14.9 Å². The Balaban J connectivity index is 1.59. The number of sulfonamides is 1. The molecule has 1 saturated carbocycles. The standard InChI is InChI=1S/C22H32BF3N4O4S/c1-14-18(23-33-20(2,3)21(4,5)34-23)9-15(22(24,25)26)10-19(14)35(31,32)29-16-7-6-8-17(11-16)30-12-27-28-13-30/h9-10,12-14,16-17,19,29H,6-8,11H2,1-5H3/t14?,16-,17+,19?/m0/s1. The Morgan fingerprint density at radius 1 is 1.11 bits per heavy atom. The minimum Gasteiger partial charge on any atom is -0.400 e. The highest BCUT2D eigenvalue weighted by Crippen LogP contribution is 2.44. The van der Waals surface area contributed by atoms with Gasteiger partial charge in [0.2, 0.25) is 10.0 Å². The van der Waals surface area contributed by atoms with E-state index < -0.39 is 57.3 Å². The van der Waals surface area contributed by atoms with Crippen LogP contribution in [0.15, 0.2) is 35.9 Å². The molecule has 2 fully saturated rings. The number of hydrogen-bond donors (Lipinski definition) is 1. The molecule has 8 nitrogen and oxygen atoms in total. The summed E-state index contributed by atoms with van der Waals surface area (Å²) in [4.78, 5) is 0. The van der Waals surface area contributed by atoms with Crippen molar-refractivity contribution in [1.82, 2.24) is 19.5 Å². The highest BCUT2D eigenvalue weighted by atomic mass is 32.2. The van der Waals surface area contributed by atoms with Crippen molar-refractivity contribution < 1.29 is 30.9 Å². The summed E-state index contributed by atoms with van der Waals surface area (Å²) in [6.07, 6.45) is 2.98. The SMILES string of the molecule is CC1C(B2OC(C)(C)C(C)(C)O2)=CC(C(F)(F)F)=CC1S(=O)(=O)N[C@H]1CCC[C@@H](n2cnnc2)C1. The second kappa shape index (κ2) is 9.00. The van der Waals surface area contributed by atoms with Gasteiger partial charge in [0.15, 0.2) is 0 Å². The molecule has 1 aliphatic heterocycles. The van der Waals surface area contributed by atoms with Gasteiger partial charge in [-0.1, -0.05) is 19.1 Å². The molecule has 2 unspecified atom stereocenters. The molecule has 1 saturated heterocycles. The summed E-state index contributed by atoms with van der Waals surface area (Å²) in [6, 6.07) is -0.376. The van der Waals surface area contributed by atoms with Gasteiger partial charge < -0.3 is 13.9 Å². The first kappa shape index (κ1) is 26.4. The first-order valence-electron chi connectivity index (χ1n) is 11.8. The molecule has 13 heteroatoms. The van der Waals surface area contributed by atoms with E-state index in [0.717, 1.165) is 25.0 Å². The minimum atomic E-state index is -4.72. The van der Waals surface area contributed by atoms with Gasteiger partial charge in [-0.3, -0.25) is 0 Å². The van der Waals surface area contributed by atoms with Gasteiger partial charge in [-0.25, -0.2) is 13.1 Å². The van der Waals surface area contributed by atoms with E-state index in [0.29, 0.717) is 12.8 Å². The van der Waals surface area contributed by atoms with Gasteiger partial charge in [-0.15, -0.1) is 10.2 Å². The predicted octanol–water partition coefficient (Wildman–Crippen LogP) is 3.75. The molecule has 0 amide bonds. The van der Waals surface area contributed by atoms with Crippen LogP contribution >= 0.6 is 0 Å². The Bertz CT molecular complexity index is 1090. The predicted molar refractivity (Wildman–Crippen MR) is 125 cm³/mol. The number of rotatable bonds is 5. The number of alkyl halides is 3. The number of nitrogens with zero attached hydrogens (tertiary/aromatic N) is 3. The van der Waals surface area contributed by atoms with Gasteiger partial charge >= 0.3 is 13.3 Å². The number of halogens is 3. The lowest BCUT2D eigenvalue weighted by Gasteiger charge is -2.34. The van der Waals surface area contributed by atoms with Crippen molar-refractivity contribution in [3.05, 3.63) is 35.9 Å². The molecule has 0 radical (unpaired) electrons. The zero-order valence-corrected chi connectivity index (χ0v) is 21.4. The summed E-state index contributed by atoms with van der Waals surface area (Å²) in [5, 5.41) is 6.19. The number of aromatic nitrogens is 3. The molecule has 1 aromatic heterocycles.